The van der Waals surface area contributed by atoms with Crippen LogP contribution in [0.3, 0.4) is 0 Å². The predicted octanol–water partition coefficient (Wildman–Crippen LogP) is 8.01. The maximum Gasteiger partial charge on any atom is 0.346 e. The van der Waals surface area contributed by atoms with Crippen molar-refractivity contribution in [3.63, 3.8) is 0 Å². The van der Waals surface area contributed by atoms with Crippen molar-refractivity contribution < 1.29 is 9.90 Å². The Morgan fingerprint density at radius 3 is 1.74 bits per heavy atom. The maximum absolute atomic E-state index is 11.1. The van der Waals surface area contributed by atoms with Crippen molar-refractivity contribution >= 4 is 23.2 Å². The van der Waals surface area contributed by atoms with Gasteiger partial charge in [0.05, 0.1) is 0 Å². The summed E-state index contributed by atoms with van der Waals surface area (Å²) in [7, 11) is 0. The normalized spacial score (nSPS) is 11.9. The Labute approximate surface area is 225 Å². The molecule has 0 unspecified atom stereocenters. The summed E-state index contributed by atoms with van der Waals surface area (Å²) in [6, 6.07) is 23.0. The maximum atomic E-state index is 11.1. The fourth-order valence-corrected chi connectivity index (χ4v) is 4.38. The van der Waals surface area contributed by atoms with E-state index in [-0.39, 0.29) is 5.57 Å². The number of carboxylic acid groups (broad SMARTS) is 1. The summed E-state index contributed by atoms with van der Waals surface area (Å²) in [5, 5.41) is 18.0. The molecule has 0 saturated heterocycles. The van der Waals surface area contributed by atoms with Crippen molar-refractivity contribution in [1.29, 1.82) is 5.26 Å². The molecule has 0 saturated carbocycles. The minimum absolute atomic E-state index is 0.325. The molecule has 0 aromatic heterocycles. The van der Waals surface area contributed by atoms with Gasteiger partial charge in [-0.1, -0.05) is 94.9 Å². The van der Waals surface area contributed by atoms with Crippen LogP contribution in [0.1, 0.15) is 51.4 Å². The van der Waals surface area contributed by atoms with Crippen LogP contribution in [0.4, 0.5) is 0 Å². The fourth-order valence-electron chi connectivity index (χ4n) is 4.38. The Kier molecular flexibility index (Phi) is 9.04. The zero-order valence-corrected chi connectivity index (χ0v) is 22.5. The van der Waals surface area contributed by atoms with Gasteiger partial charge in [0.25, 0.3) is 0 Å². The van der Waals surface area contributed by atoms with Crippen LogP contribution in [-0.2, 0) is 4.79 Å². The largest absolute Gasteiger partial charge is 0.477 e. The van der Waals surface area contributed by atoms with Gasteiger partial charge < -0.3 is 5.11 Å². The van der Waals surface area contributed by atoms with Gasteiger partial charge in [0.2, 0.25) is 0 Å². The Balaban J connectivity index is 2.03. The van der Waals surface area contributed by atoms with E-state index in [1.807, 2.05) is 24.3 Å². The lowest BCUT2D eigenvalue weighted by atomic mass is 9.91. The van der Waals surface area contributed by atoms with Gasteiger partial charge in [-0.2, -0.15) is 5.26 Å². The average molecular weight is 498 g/mol. The molecule has 3 nitrogen and oxygen atoms in total. The summed E-state index contributed by atoms with van der Waals surface area (Å²) < 4.78 is 0. The minimum atomic E-state index is -1.26. The second kappa shape index (κ2) is 12.4. The number of terminal acetylenes is 1. The van der Waals surface area contributed by atoms with Gasteiger partial charge in [-0.05, 0) is 86.2 Å². The van der Waals surface area contributed by atoms with Crippen LogP contribution < -0.4 is 0 Å². The summed E-state index contributed by atoms with van der Waals surface area (Å²) in [6.45, 7) is 10.2. The van der Waals surface area contributed by atoms with Crippen LogP contribution in [-0.4, -0.2) is 11.1 Å². The van der Waals surface area contributed by atoms with Gasteiger partial charge in [0.1, 0.15) is 11.6 Å². The lowest BCUT2D eigenvalue weighted by Gasteiger charge is -2.13. The second-order valence-corrected chi connectivity index (χ2v) is 9.54. The predicted molar refractivity (Wildman–Crippen MR) is 157 cm³/mol. The molecule has 3 aromatic rings. The van der Waals surface area contributed by atoms with Crippen molar-refractivity contribution in [3.8, 4) is 18.4 Å². The number of carbonyl (C=O) groups is 1. The van der Waals surface area contributed by atoms with Crippen molar-refractivity contribution in [2.24, 2.45) is 0 Å². The molecular formula is C35H31NO2. The first-order chi connectivity index (χ1) is 18.1. The number of nitriles is 1. The molecule has 0 aliphatic heterocycles. The zero-order chi connectivity index (χ0) is 27.8. The van der Waals surface area contributed by atoms with Crippen molar-refractivity contribution in [2.75, 3.05) is 0 Å². The topological polar surface area (TPSA) is 61.1 Å². The smallest absolute Gasteiger partial charge is 0.346 e. The van der Waals surface area contributed by atoms with Gasteiger partial charge in [-0.3, -0.25) is 0 Å². The number of hydrogen-bond donors (Lipinski definition) is 1. The number of hydrogen-bond acceptors (Lipinski definition) is 2. The molecule has 188 valence electrons. The standard InChI is InChI=1S/C35H31NO2/c1-7-29(11-8-23(2)16-33(22-36)35(37)38)30-12-9-28(10-13-30)21-34(31-17-24(3)14-25(4)18-31)32-19-26(5)15-27(6)20-32/h1,8-21H,2-6H3,(H,37,38)/b23-8+,29-11+,33-16-. The van der Waals surface area contributed by atoms with E-state index in [0.29, 0.717) is 11.1 Å². The molecule has 0 amide bonds. The van der Waals surface area contributed by atoms with E-state index in [1.165, 1.54) is 39.5 Å². The van der Waals surface area contributed by atoms with Crippen LogP contribution in [0.15, 0.2) is 90.0 Å². The lowest BCUT2D eigenvalue weighted by molar-refractivity contribution is -0.132. The Hall–Kier alpha value is -4.86. The van der Waals surface area contributed by atoms with Crippen molar-refractivity contribution in [2.45, 2.75) is 34.6 Å². The van der Waals surface area contributed by atoms with E-state index in [9.17, 15) is 4.79 Å². The molecule has 0 heterocycles. The highest BCUT2D eigenvalue weighted by molar-refractivity contribution is 5.93. The summed E-state index contributed by atoms with van der Waals surface area (Å²) in [6.07, 6.45) is 12.8. The van der Waals surface area contributed by atoms with Gasteiger partial charge in [0, 0.05) is 5.57 Å². The highest BCUT2D eigenvalue weighted by Crippen LogP contribution is 2.30. The highest BCUT2D eigenvalue weighted by Gasteiger charge is 2.09. The van der Waals surface area contributed by atoms with Crippen LogP contribution in [0.5, 0.6) is 0 Å². The van der Waals surface area contributed by atoms with Crippen LogP contribution in [0, 0.1) is 51.4 Å². The molecule has 3 rings (SSSR count). The molecule has 0 aliphatic rings. The number of allylic oxidation sites excluding steroid dienone is 5. The van der Waals surface area contributed by atoms with Crippen LogP contribution in [0.25, 0.3) is 17.2 Å². The molecule has 0 bridgehead atoms. The monoisotopic (exact) mass is 497 g/mol. The van der Waals surface area contributed by atoms with Crippen LogP contribution >= 0.6 is 0 Å². The molecular weight excluding hydrogens is 466 g/mol. The molecule has 0 fully saturated rings. The molecule has 1 N–H and O–H groups in total. The third-order valence-electron chi connectivity index (χ3n) is 5.99. The Morgan fingerprint density at radius 2 is 1.32 bits per heavy atom. The molecule has 3 heteroatoms. The third-order valence-corrected chi connectivity index (χ3v) is 5.99. The first-order valence-electron chi connectivity index (χ1n) is 12.3. The molecule has 0 aliphatic carbocycles. The minimum Gasteiger partial charge on any atom is -0.477 e. The lowest BCUT2D eigenvalue weighted by Crippen LogP contribution is -1.97. The SMILES string of the molecule is C#C\C(=C/C=C(C)/C=C(/C#N)C(=O)O)c1ccc(C=C(c2cc(C)cc(C)c2)c2cc(C)cc(C)c2)cc1. The molecule has 0 atom stereocenters. The van der Waals surface area contributed by atoms with Crippen molar-refractivity contribution in [1.82, 2.24) is 0 Å². The molecule has 0 radical (unpaired) electrons. The number of benzene rings is 3. The molecule has 38 heavy (non-hydrogen) atoms. The number of aliphatic carboxylic acids is 1. The highest BCUT2D eigenvalue weighted by atomic mass is 16.4. The molecule has 3 aromatic carbocycles. The quantitative estimate of drug-likeness (QED) is 0.118. The first kappa shape index (κ1) is 27.7. The average Bonchev–Trinajstić information content (AvgIpc) is 2.85. The number of carboxylic acids is 1. The van der Waals surface area contributed by atoms with Gasteiger partial charge in [-0.25, -0.2) is 4.79 Å². The summed E-state index contributed by atoms with van der Waals surface area (Å²) in [5.74, 6) is 1.44. The Bertz CT molecular complexity index is 1490. The van der Waals surface area contributed by atoms with Gasteiger partial charge >= 0.3 is 5.97 Å². The molecule has 0 spiro atoms. The summed E-state index contributed by atoms with van der Waals surface area (Å²) >= 11 is 0. The zero-order valence-electron chi connectivity index (χ0n) is 22.5. The van der Waals surface area contributed by atoms with E-state index >= 15 is 0 Å². The van der Waals surface area contributed by atoms with E-state index in [4.69, 9.17) is 16.8 Å². The first-order valence-corrected chi connectivity index (χ1v) is 12.3. The van der Waals surface area contributed by atoms with E-state index in [0.717, 1.165) is 16.7 Å². The summed E-state index contributed by atoms with van der Waals surface area (Å²) in [5.41, 5.74) is 11.2. The van der Waals surface area contributed by atoms with Crippen LogP contribution in [0.2, 0.25) is 0 Å². The van der Waals surface area contributed by atoms with E-state index in [1.54, 1.807) is 25.1 Å². The number of rotatable bonds is 7. The van der Waals surface area contributed by atoms with E-state index in [2.05, 4.69) is 76.1 Å². The third kappa shape index (κ3) is 7.33. The summed E-state index contributed by atoms with van der Waals surface area (Å²) in [4.78, 5) is 11.1. The van der Waals surface area contributed by atoms with Gasteiger partial charge in [0.15, 0.2) is 0 Å². The number of aryl methyl sites for hydroxylation is 4. The van der Waals surface area contributed by atoms with E-state index < -0.39 is 5.97 Å². The Morgan fingerprint density at radius 1 is 0.816 bits per heavy atom. The second-order valence-electron chi connectivity index (χ2n) is 9.54. The fraction of sp³-hybridized carbons (Fsp3) is 0.143. The van der Waals surface area contributed by atoms with Crippen molar-refractivity contribution in [3.05, 3.63) is 135 Å². The van der Waals surface area contributed by atoms with Gasteiger partial charge in [-0.15, -0.1) is 6.42 Å². The number of nitrogens with zero attached hydrogens (tertiary/aromatic N) is 1.